The average molecular weight is 393 g/mol. The molecule has 0 radical (unpaired) electrons. The minimum absolute atomic E-state index is 0.0495. The third kappa shape index (κ3) is 4.35. The Morgan fingerprint density at radius 1 is 1.12 bits per heavy atom. The molecule has 2 aromatic rings. The van der Waals surface area contributed by atoms with Gasteiger partial charge in [-0.15, -0.1) is 0 Å². The zero-order valence-corrected chi connectivity index (χ0v) is 15.1. The van der Waals surface area contributed by atoms with E-state index in [1.807, 2.05) is 26.0 Å². The second-order valence-corrected chi connectivity index (χ2v) is 6.30. The molecule has 5 nitrogen and oxygen atoms in total. The number of esters is 1. The number of aryl methyl sites for hydroxylation is 2. The summed E-state index contributed by atoms with van der Waals surface area (Å²) in [6.45, 7) is 5.37. The molecule has 2 rings (SSSR count). The maximum atomic E-state index is 12.2. The number of carbonyl (C=O) groups excluding carboxylic acids is 1. The quantitative estimate of drug-likeness (QED) is 0.611. The lowest BCUT2D eigenvalue weighted by atomic mass is 10.1. The van der Waals surface area contributed by atoms with Gasteiger partial charge in [-0.25, -0.2) is 9.59 Å². The Morgan fingerprint density at radius 3 is 2.33 bits per heavy atom. The molecule has 0 aliphatic heterocycles. The van der Waals surface area contributed by atoms with Gasteiger partial charge in [0.2, 0.25) is 0 Å². The van der Waals surface area contributed by atoms with Crippen molar-refractivity contribution >= 4 is 27.9 Å². The molecule has 1 N–H and O–H groups in total. The van der Waals surface area contributed by atoms with E-state index < -0.39 is 18.0 Å². The number of carboxylic acids is 1. The van der Waals surface area contributed by atoms with Crippen LogP contribution in [0.3, 0.4) is 0 Å². The SMILES string of the molecule is Cc1cc(Br)cc(C)c1OC(C)C(=O)Oc1cccc(C(=O)O)c1. The van der Waals surface area contributed by atoms with Crippen molar-refractivity contribution in [3.8, 4) is 11.5 Å². The van der Waals surface area contributed by atoms with Gasteiger partial charge in [0.15, 0.2) is 6.10 Å². The zero-order chi connectivity index (χ0) is 17.9. The van der Waals surface area contributed by atoms with Crippen LogP contribution in [0, 0.1) is 13.8 Å². The molecule has 2 aromatic carbocycles. The van der Waals surface area contributed by atoms with Gasteiger partial charge in [0.1, 0.15) is 11.5 Å². The van der Waals surface area contributed by atoms with Crippen molar-refractivity contribution in [1.29, 1.82) is 0 Å². The molecule has 0 spiro atoms. The van der Waals surface area contributed by atoms with Crippen LogP contribution >= 0.6 is 15.9 Å². The summed E-state index contributed by atoms with van der Waals surface area (Å²) in [6.07, 6.45) is -0.836. The van der Waals surface area contributed by atoms with E-state index in [0.29, 0.717) is 5.75 Å². The lowest BCUT2D eigenvalue weighted by molar-refractivity contribution is -0.141. The fourth-order valence-corrected chi connectivity index (χ4v) is 2.89. The first-order valence-electron chi connectivity index (χ1n) is 7.26. The Hall–Kier alpha value is -2.34. The van der Waals surface area contributed by atoms with Crippen LogP contribution in [-0.4, -0.2) is 23.1 Å². The highest BCUT2D eigenvalue weighted by atomic mass is 79.9. The van der Waals surface area contributed by atoms with E-state index in [1.165, 1.54) is 24.3 Å². The number of carboxylic acid groups (broad SMARTS) is 1. The molecule has 0 amide bonds. The summed E-state index contributed by atoms with van der Waals surface area (Å²) in [7, 11) is 0. The van der Waals surface area contributed by atoms with Crippen LogP contribution in [0.2, 0.25) is 0 Å². The zero-order valence-electron chi connectivity index (χ0n) is 13.5. The van der Waals surface area contributed by atoms with E-state index in [0.717, 1.165) is 15.6 Å². The number of ether oxygens (including phenoxy) is 2. The van der Waals surface area contributed by atoms with Crippen LogP contribution in [0.1, 0.15) is 28.4 Å². The Labute approximate surface area is 148 Å². The van der Waals surface area contributed by atoms with Gasteiger partial charge in [-0.1, -0.05) is 22.0 Å². The number of hydrogen-bond donors (Lipinski definition) is 1. The minimum Gasteiger partial charge on any atom is -0.478 e. The standard InChI is InChI=1S/C18H17BrO5/c1-10-7-14(19)8-11(2)16(10)23-12(3)18(22)24-15-6-4-5-13(9-15)17(20)21/h4-9,12H,1-3H3,(H,20,21). The summed E-state index contributed by atoms with van der Waals surface area (Å²) in [5.41, 5.74) is 1.84. The van der Waals surface area contributed by atoms with Crippen molar-refractivity contribution in [2.45, 2.75) is 26.9 Å². The third-order valence-electron chi connectivity index (χ3n) is 3.35. The molecule has 0 aromatic heterocycles. The van der Waals surface area contributed by atoms with Crippen LogP contribution in [0.5, 0.6) is 11.5 Å². The number of benzene rings is 2. The van der Waals surface area contributed by atoms with Crippen molar-refractivity contribution in [3.05, 3.63) is 57.6 Å². The van der Waals surface area contributed by atoms with E-state index in [4.69, 9.17) is 14.6 Å². The summed E-state index contributed by atoms with van der Waals surface area (Å²) in [5, 5.41) is 8.96. The number of rotatable bonds is 5. The van der Waals surface area contributed by atoms with Crippen LogP contribution in [-0.2, 0) is 4.79 Å². The lowest BCUT2D eigenvalue weighted by Crippen LogP contribution is -2.29. The molecule has 1 atom stereocenters. The van der Waals surface area contributed by atoms with Gasteiger partial charge in [-0.05, 0) is 62.2 Å². The molecule has 0 saturated carbocycles. The topological polar surface area (TPSA) is 72.8 Å². The van der Waals surface area contributed by atoms with Gasteiger partial charge in [0.25, 0.3) is 0 Å². The fraction of sp³-hybridized carbons (Fsp3) is 0.222. The summed E-state index contributed by atoms with van der Waals surface area (Å²) in [4.78, 5) is 23.1. The molecule has 0 saturated heterocycles. The second-order valence-electron chi connectivity index (χ2n) is 5.38. The molecule has 0 aliphatic carbocycles. The van der Waals surface area contributed by atoms with Crippen molar-refractivity contribution < 1.29 is 24.2 Å². The van der Waals surface area contributed by atoms with Gasteiger partial charge in [0, 0.05) is 4.47 Å². The molecule has 0 fully saturated rings. The maximum Gasteiger partial charge on any atom is 0.352 e. The average Bonchev–Trinajstić information content (AvgIpc) is 2.50. The van der Waals surface area contributed by atoms with Crippen LogP contribution < -0.4 is 9.47 Å². The highest BCUT2D eigenvalue weighted by Crippen LogP contribution is 2.28. The summed E-state index contributed by atoms with van der Waals surface area (Å²) < 4.78 is 11.9. The van der Waals surface area contributed by atoms with Crippen LogP contribution in [0.15, 0.2) is 40.9 Å². The smallest absolute Gasteiger partial charge is 0.352 e. The predicted molar refractivity (Wildman–Crippen MR) is 92.7 cm³/mol. The molecule has 24 heavy (non-hydrogen) atoms. The van der Waals surface area contributed by atoms with Crippen molar-refractivity contribution in [1.82, 2.24) is 0 Å². The molecule has 126 valence electrons. The highest BCUT2D eigenvalue weighted by molar-refractivity contribution is 9.10. The van der Waals surface area contributed by atoms with Crippen molar-refractivity contribution in [2.75, 3.05) is 0 Å². The summed E-state index contributed by atoms with van der Waals surface area (Å²) in [5.74, 6) is -0.890. The molecular formula is C18H17BrO5. The van der Waals surface area contributed by atoms with Gasteiger partial charge >= 0.3 is 11.9 Å². The molecule has 0 aliphatic rings. The monoisotopic (exact) mass is 392 g/mol. The molecule has 0 heterocycles. The van der Waals surface area contributed by atoms with Crippen LogP contribution in [0.25, 0.3) is 0 Å². The van der Waals surface area contributed by atoms with Gasteiger partial charge in [-0.2, -0.15) is 0 Å². The first-order chi connectivity index (χ1) is 11.3. The number of halogens is 1. The van der Waals surface area contributed by atoms with E-state index in [1.54, 1.807) is 6.92 Å². The van der Waals surface area contributed by atoms with Crippen molar-refractivity contribution in [3.63, 3.8) is 0 Å². The second kappa shape index (κ2) is 7.49. The molecule has 0 bridgehead atoms. The molecule has 1 unspecified atom stereocenters. The van der Waals surface area contributed by atoms with E-state index >= 15 is 0 Å². The van der Waals surface area contributed by atoms with E-state index in [9.17, 15) is 9.59 Å². The Balaban J connectivity index is 2.10. The highest BCUT2D eigenvalue weighted by Gasteiger charge is 2.20. The lowest BCUT2D eigenvalue weighted by Gasteiger charge is -2.17. The fourth-order valence-electron chi connectivity index (χ4n) is 2.20. The summed E-state index contributed by atoms with van der Waals surface area (Å²) >= 11 is 3.41. The van der Waals surface area contributed by atoms with E-state index in [2.05, 4.69) is 15.9 Å². The third-order valence-corrected chi connectivity index (χ3v) is 3.81. The normalized spacial score (nSPS) is 11.7. The minimum atomic E-state index is -1.08. The van der Waals surface area contributed by atoms with E-state index in [-0.39, 0.29) is 11.3 Å². The van der Waals surface area contributed by atoms with Gasteiger partial charge < -0.3 is 14.6 Å². The Morgan fingerprint density at radius 2 is 1.75 bits per heavy atom. The Kier molecular flexibility index (Phi) is 5.62. The molecule has 6 heteroatoms. The first kappa shape index (κ1) is 18.0. The predicted octanol–water partition coefficient (Wildman–Crippen LogP) is 4.14. The van der Waals surface area contributed by atoms with Crippen molar-refractivity contribution in [2.24, 2.45) is 0 Å². The maximum absolute atomic E-state index is 12.2. The van der Waals surface area contributed by atoms with Gasteiger partial charge in [-0.3, -0.25) is 0 Å². The number of carbonyl (C=O) groups is 2. The van der Waals surface area contributed by atoms with Gasteiger partial charge in [0.05, 0.1) is 5.56 Å². The number of hydrogen-bond acceptors (Lipinski definition) is 4. The number of aromatic carboxylic acids is 1. The largest absolute Gasteiger partial charge is 0.478 e. The van der Waals surface area contributed by atoms with Crippen LogP contribution in [0.4, 0.5) is 0 Å². The summed E-state index contributed by atoms with van der Waals surface area (Å²) in [6, 6.07) is 9.55. The Bertz CT molecular complexity index is 762. The first-order valence-corrected chi connectivity index (χ1v) is 8.05. The molecular weight excluding hydrogens is 376 g/mol.